The van der Waals surface area contributed by atoms with Crippen molar-refractivity contribution in [1.82, 2.24) is 19.5 Å². The van der Waals surface area contributed by atoms with Crippen LogP contribution in [0, 0.1) is 0 Å². The number of para-hydroxylation sites is 2. The molecule has 1 unspecified atom stereocenters. The minimum Gasteiger partial charge on any atom is -0.427 e. The molecule has 0 spiro atoms. The Morgan fingerprint density at radius 3 is 2.32 bits per heavy atom. The summed E-state index contributed by atoms with van der Waals surface area (Å²) in [6.45, 7) is 1.40. The van der Waals surface area contributed by atoms with Gasteiger partial charge in [-0.15, -0.1) is 0 Å². The molecule has 11 nitrogen and oxygen atoms in total. The molecule has 0 bridgehead atoms. The molecule has 2 heterocycles. The molecule has 11 heteroatoms. The molecule has 4 aromatic rings. The van der Waals surface area contributed by atoms with Gasteiger partial charge in [-0.2, -0.15) is 9.97 Å². The maximum Gasteiger partial charge on any atom is 0.287 e. The maximum atomic E-state index is 11.6. The number of amides is 1. The first-order chi connectivity index (χ1) is 16.6. The lowest BCUT2D eigenvalue weighted by Crippen LogP contribution is -2.36. The van der Waals surface area contributed by atoms with Crippen molar-refractivity contribution in [3.8, 4) is 5.88 Å². The lowest BCUT2D eigenvalue weighted by Gasteiger charge is -2.29. The van der Waals surface area contributed by atoms with Crippen molar-refractivity contribution in [2.45, 2.75) is 20.1 Å². The van der Waals surface area contributed by atoms with Crippen LogP contribution in [0.4, 0.5) is 17.3 Å². The van der Waals surface area contributed by atoms with Crippen LogP contribution in [0.3, 0.4) is 0 Å². The van der Waals surface area contributed by atoms with Gasteiger partial charge in [0.2, 0.25) is 11.9 Å². The summed E-state index contributed by atoms with van der Waals surface area (Å²) in [7, 11) is 0. The highest BCUT2D eigenvalue weighted by molar-refractivity contribution is 5.88. The molecule has 2 aromatic heterocycles. The van der Waals surface area contributed by atoms with Gasteiger partial charge in [0, 0.05) is 18.3 Å². The van der Waals surface area contributed by atoms with Gasteiger partial charge in [0.1, 0.15) is 6.73 Å². The lowest BCUT2D eigenvalue weighted by atomic mass is 10.2. The van der Waals surface area contributed by atoms with Gasteiger partial charge in [0.15, 0.2) is 11.2 Å². The van der Waals surface area contributed by atoms with Crippen LogP contribution in [0.2, 0.25) is 0 Å². The molecule has 0 aliphatic rings. The van der Waals surface area contributed by atoms with Crippen molar-refractivity contribution in [2.24, 2.45) is 0 Å². The van der Waals surface area contributed by atoms with E-state index in [0.717, 1.165) is 0 Å². The summed E-state index contributed by atoms with van der Waals surface area (Å²) in [5.74, 6) is -0.417. The number of aromatic nitrogens is 4. The highest BCUT2D eigenvalue weighted by Crippen LogP contribution is 2.30. The third-order valence-electron chi connectivity index (χ3n) is 4.69. The number of imidazole rings is 1. The molecule has 0 radical (unpaired) electrons. The fourth-order valence-corrected chi connectivity index (χ4v) is 3.27. The molecular weight excluding hydrogens is 440 g/mol. The summed E-state index contributed by atoms with van der Waals surface area (Å²) in [5, 5.41) is 22.6. The van der Waals surface area contributed by atoms with Crippen molar-refractivity contribution in [3.05, 3.63) is 67.0 Å². The van der Waals surface area contributed by atoms with Crippen molar-refractivity contribution in [1.29, 1.82) is 0 Å². The van der Waals surface area contributed by atoms with Crippen molar-refractivity contribution in [2.75, 3.05) is 23.4 Å². The topological polar surface area (TPSA) is 135 Å². The minimum atomic E-state index is -1.48. The van der Waals surface area contributed by atoms with Gasteiger partial charge in [0.05, 0.1) is 19.5 Å². The second-order valence-electron chi connectivity index (χ2n) is 7.17. The molecule has 176 valence electrons. The molecule has 0 fully saturated rings. The second kappa shape index (κ2) is 10.7. The number of aliphatic hydroxyl groups excluding tert-OH is 2. The van der Waals surface area contributed by atoms with Crippen LogP contribution in [0.25, 0.3) is 11.2 Å². The van der Waals surface area contributed by atoms with E-state index in [9.17, 15) is 9.90 Å². The zero-order valence-corrected chi connectivity index (χ0v) is 18.4. The number of hydrogen-bond acceptors (Lipinski definition) is 9. The summed E-state index contributed by atoms with van der Waals surface area (Å²) < 4.78 is 12.8. The number of nitrogens with zero attached hydrogens (tertiary/aromatic N) is 5. The number of aliphatic hydroxyl groups is 2. The highest BCUT2D eigenvalue weighted by atomic mass is 16.6. The zero-order valence-electron chi connectivity index (χ0n) is 18.4. The molecule has 0 aliphatic heterocycles. The van der Waals surface area contributed by atoms with Gasteiger partial charge in [-0.25, -0.2) is 4.98 Å². The van der Waals surface area contributed by atoms with Crippen LogP contribution in [-0.2, 0) is 16.3 Å². The summed E-state index contributed by atoms with van der Waals surface area (Å²) >= 11 is 0. The van der Waals surface area contributed by atoms with Crippen LogP contribution < -0.4 is 15.0 Å². The third kappa shape index (κ3) is 5.29. The molecular formula is C23H24N6O5. The molecule has 2 aromatic carbocycles. The Labute approximate surface area is 195 Å². The number of benzene rings is 2. The van der Waals surface area contributed by atoms with Crippen molar-refractivity contribution in [3.63, 3.8) is 0 Å². The molecule has 1 amide bonds. The van der Waals surface area contributed by atoms with Crippen LogP contribution >= 0.6 is 0 Å². The van der Waals surface area contributed by atoms with E-state index < -0.39 is 6.41 Å². The average molecular weight is 464 g/mol. The fourth-order valence-electron chi connectivity index (χ4n) is 3.27. The van der Waals surface area contributed by atoms with E-state index in [1.54, 1.807) is 9.47 Å². The summed E-state index contributed by atoms with van der Waals surface area (Å²) in [5.41, 5.74) is 1.97. The Morgan fingerprint density at radius 1 is 1.09 bits per heavy atom. The van der Waals surface area contributed by atoms with Gasteiger partial charge in [-0.05, 0) is 24.3 Å². The predicted molar refractivity (Wildman–Crippen MR) is 124 cm³/mol. The summed E-state index contributed by atoms with van der Waals surface area (Å²) in [6.07, 6.45) is -0.0106. The van der Waals surface area contributed by atoms with Crippen LogP contribution in [0.5, 0.6) is 5.88 Å². The molecule has 34 heavy (non-hydrogen) atoms. The standard InChI is InChI=1S/C23H24N6O5/c1-16(31)25-22-26-20-19(24-14-28(20)15-33-13-12-30)21(27-22)34-23(32)29(17-8-4-2-5-9-17)18-10-6-3-7-11-18/h2-11,14,23,30,32H,12-13,15H2,1H3,(H,25,26,27,31). The van der Waals surface area contributed by atoms with E-state index in [2.05, 4.69) is 20.3 Å². The van der Waals surface area contributed by atoms with Crippen LogP contribution in [0.1, 0.15) is 6.92 Å². The van der Waals surface area contributed by atoms with Gasteiger partial charge >= 0.3 is 0 Å². The normalized spacial score (nSPS) is 11.9. The third-order valence-corrected chi connectivity index (χ3v) is 4.69. The number of hydrogen-bond donors (Lipinski definition) is 3. The first-order valence-electron chi connectivity index (χ1n) is 10.5. The Hall–Kier alpha value is -4.06. The quantitative estimate of drug-likeness (QED) is 0.238. The molecule has 4 rings (SSSR count). The van der Waals surface area contributed by atoms with E-state index in [-0.39, 0.29) is 43.2 Å². The lowest BCUT2D eigenvalue weighted by molar-refractivity contribution is -0.114. The predicted octanol–water partition coefficient (Wildman–Crippen LogP) is 2.24. The van der Waals surface area contributed by atoms with Crippen LogP contribution in [0.15, 0.2) is 67.0 Å². The van der Waals surface area contributed by atoms with Crippen LogP contribution in [-0.4, -0.2) is 55.3 Å². The molecule has 3 N–H and O–H groups in total. The molecule has 0 aliphatic carbocycles. The Balaban J connectivity index is 1.72. The number of fused-ring (bicyclic) bond motifs is 1. The van der Waals surface area contributed by atoms with E-state index in [0.29, 0.717) is 17.0 Å². The van der Waals surface area contributed by atoms with E-state index in [1.807, 2.05) is 60.7 Å². The van der Waals surface area contributed by atoms with Gasteiger partial charge in [-0.3, -0.25) is 19.6 Å². The Morgan fingerprint density at radius 2 is 1.74 bits per heavy atom. The number of anilines is 3. The van der Waals surface area contributed by atoms with Crippen molar-refractivity contribution >= 4 is 34.4 Å². The number of nitrogens with one attached hydrogen (secondary N) is 1. The van der Waals surface area contributed by atoms with E-state index in [1.165, 1.54) is 13.3 Å². The van der Waals surface area contributed by atoms with Gasteiger partial charge < -0.3 is 19.7 Å². The molecule has 0 saturated carbocycles. The Bertz CT molecular complexity index is 1200. The van der Waals surface area contributed by atoms with Crippen molar-refractivity contribution < 1.29 is 24.5 Å². The summed E-state index contributed by atoms with van der Waals surface area (Å²) in [6, 6.07) is 18.5. The van der Waals surface area contributed by atoms with Gasteiger partial charge in [-0.1, -0.05) is 36.4 Å². The number of carbonyl (C=O) groups is 1. The zero-order chi connectivity index (χ0) is 23.9. The Kier molecular flexibility index (Phi) is 7.28. The largest absolute Gasteiger partial charge is 0.427 e. The number of rotatable bonds is 10. The highest BCUT2D eigenvalue weighted by Gasteiger charge is 2.24. The molecule has 0 saturated heterocycles. The molecule has 1 atom stereocenters. The van der Waals surface area contributed by atoms with E-state index in [4.69, 9.17) is 14.6 Å². The first-order valence-corrected chi connectivity index (χ1v) is 10.5. The second-order valence-corrected chi connectivity index (χ2v) is 7.17. The monoisotopic (exact) mass is 464 g/mol. The van der Waals surface area contributed by atoms with E-state index >= 15 is 0 Å². The SMILES string of the molecule is CC(=O)Nc1nc(OC(O)N(c2ccccc2)c2ccccc2)c2ncn(COCCO)c2n1. The number of ether oxygens (including phenoxy) is 2. The smallest absolute Gasteiger partial charge is 0.287 e. The maximum absolute atomic E-state index is 11.6. The first kappa shape index (κ1) is 23.1. The summed E-state index contributed by atoms with van der Waals surface area (Å²) in [4.78, 5) is 26.1. The fraction of sp³-hybridized carbons (Fsp3) is 0.217. The van der Waals surface area contributed by atoms with Gasteiger partial charge in [0.25, 0.3) is 12.3 Å². The number of carbonyl (C=O) groups excluding carboxylic acids is 1. The average Bonchev–Trinajstić information content (AvgIpc) is 3.23. The minimum absolute atomic E-state index is 0.0166.